The highest BCUT2D eigenvalue weighted by atomic mass is 19.2. The maximum absolute atomic E-state index is 13.0. The van der Waals surface area contributed by atoms with Crippen molar-refractivity contribution >= 4 is 0 Å². The van der Waals surface area contributed by atoms with Gasteiger partial charge in [0, 0.05) is 12.6 Å². The molecule has 1 aromatic heterocycles. The van der Waals surface area contributed by atoms with Crippen LogP contribution in [0.1, 0.15) is 5.69 Å². The summed E-state index contributed by atoms with van der Waals surface area (Å²) in [6, 6.07) is 3.39. The molecule has 0 aliphatic carbocycles. The number of rotatable bonds is 1. The largest absolute Gasteiger partial charge is 0.504 e. The Morgan fingerprint density at radius 1 is 1.25 bits per heavy atom. The van der Waals surface area contributed by atoms with Gasteiger partial charge in [-0.05, 0) is 25.1 Å². The van der Waals surface area contributed by atoms with Gasteiger partial charge in [0.25, 0.3) is 0 Å². The number of benzene rings is 1. The topological polar surface area (TPSA) is 38.1 Å². The Morgan fingerprint density at radius 3 is 2.44 bits per heavy atom. The molecule has 0 spiro atoms. The zero-order valence-corrected chi connectivity index (χ0v) is 8.83. The molecular weight excluding hydrogens is 214 g/mol. The third-order valence-electron chi connectivity index (χ3n) is 2.50. The standard InChI is InChI=1S/C11H10F2N2O/c1-6-11(16)10(14-15(6)2)7-3-4-8(12)9(13)5-7/h3-5,16H,1-2H3. The molecule has 2 aromatic rings. The molecule has 16 heavy (non-hydrogen) atoms. The van der Waals surface area contributed by atoms with Crippen LogP contribution in [0.15, 0.2) is 18.2 Å². The number of aromatic hydroxyl groups is 1. The zero-order valence-electron chi connectivity index (χ0n) is 8.83. The number of hydrogen-bond donors (Lipinski definition) is 1. The average molecular weight is 224 g/mol. The van der Waals surface area contributed by atoms with E-state index in [1.807, 2.05) is 0 Å². The number of hydrogen-bond acceptors (Lipinski definition) is 2. The van der Waals surface area contributed by atoms with Crippen molar-refractivity contribution < 1.29 is 13.9 Å². The summed E-state index contributed by atoms with van der Waals surface area (Å²) in [5.41, 5.74) is 1.17. The summed E-state index contributed by atoms with van der Waals surface area (Å²) in [5.74, 6) is -1.90. The van der Waals surface area contributed by atoms with E-state index in [0.29, 0.717) is 11.3 Å². The molecule has 0 atom stereocenters. The zero-order chi connectivity index (χ0) is 11.9. The van der Waals surface area contributed by atoms with Gasteiger partial charge in [-0.15, -0.1) is 0 Å². The Morgan fingerprint density at radius 2 is 1.94 bits per heavy atom. The van der Waals surface area contributed by atoms with E-state index in [9.17, 15) is 13.9 Å². The minimum atomic E-state index is -0.958. The van der Waals surface area contributed by atoms with E-state index in [1.54, 1.807) is 14.0 Å². The molecule has 0 aliphatic rings. The third kappa shape index (κ3) is 1.54. The first-order valence-corrected chi connectivity index (χ1v) is 4.68. The molecule has 0 bridgehead atoms. The Hall–Kier alpha value is -1.91. The lowest BCUT2D eigenvalue weighted by molar-refractivity contribution is 0.471. The Labute approximate surface area is 91.0 Å². The van der Waals surface area contributed by atoms with Crippen molar-refractivity contribution in [1.82, 2.24) is 9.78 Å². The van der Waals surface area contributed by atoms with Gasteiger partial charge in [-0.3, -0.25) is 4.68 Å². The molecule has 2 rings (SSSR count). The SMILES string of the molecule is Cc1c(O)c(-c2ccc(F)c(F)c2)nn1C. The monoisotopic (exact) mass is 224 g/mol. The molecule has 1 N–H and O–H groups in total. The lowest BCUT2D eigenvalue weighted by Gasteiger charge is -1.98. The van der Waals surface area contributed by atoms with Crippen LogP contribution in [0.3, 0.4) is 0 Å². The van der Waals surface area contributed by atoms with Gasteiger partial charge >= 0.3 is 0 Å². The Balaban J connectivity index is 2.59. The molecule has 84 valence electrons. The van der Waals surface area contributed by atoms with E-state index in [-0.39, 0.29) is 11.4 Å². The van der Waals surface area contributed by atoms with Gasteiger partial charge in [-0.1, -0.05) is 0 Å². The number of halogens is 2. The van der Waals surface area contributed by atoms with Gasteiger partial charge in [-0.2, -0.15) is 5.10 Å². The lowest BCUT2D eigenvalue weighted by Crippen LogP contribution is -1.92. The molecule has 1 aromatic carbocycles. The van der Waals surface area contributed by atoms with E-state index in [2.05, 4.69) is 5.10 Å². The van der Waals surface area contributed by atoms with Gasteiger partial charge in [-0.25, -0.2) is 8.78 Å². The number of aromatic nitrogens is 2. The summed E-state index contributed by atoms with van der Waals surface area (Å²) in [7, 11) is 1.67. The van der Waals surface area contributed by atoms with Gasteiger partial charge in [0.15, 0.2) is 17.4 Å². The molecule has 0 saturated heterocycles. The predicted molar refractivity (Wildman–Crippen MR) is 55.0 cm³/mol. The van der Waals surface area contributed by atoms with Crippen molar-refractivity contribution in [3.05, 3.63) is 35.5 Å². The van der Waals surface area contributed by atoms with Crippen LogP contribution in [-0.2, 0) is 7.05 Å². The normalized spacial score (nSPS) is 10.8. The number of aryl methyl sites for hydroxylation is 1. The Kier molecular flexibility index (Phi) is 2.38. The molecule has 0 saturated carbocycles. The van der Waals surface area contributed by atoms with E-state index in [0.717, 1.165) is 12.1 Å². The van der Waals surface area contributed by atoms with Crippen molar-refractivity contribution in [3.63, 3.8) is 0 Å². The highest BCUT2D eigenvalue weighted by molar-refractivity contribution is 5.67. The Bertz CT molecular complexity index is 549. The third-order valence-corrected chi connectivity index (χ3v) is 2.50. The summed E-state index contributed by atoms with van der Waals surface area (Å²) in [5, 5.41) is 13.8. The second-order valence-corrected chi connectivity index (χ2v) is 3.54. The molecule has 0 radical (unpaired) electrons. The first kappa shape index (κ1) is 10.6. The molecule has 0 fully saturated rings. The summed E-state index contributed by atoms with van der Waals surface area (Å²) in [4.78, 5) is 0. The highest BCUT2D eigenvalue weighted by Gasteiger charge is 2.14. The smallest absolute Gasteiger partial charge is 0.164 e. The molecule has 1 heterocycles. The highest BCUT2D eigenvalue weighted by Crippen LogP contribution is 2.31. The molecule has 0 unspecified atom stereocenters. The van der Waals surface area contributed by atoms with E-state index >= 15 is 0 Å². The predicted octanol–water partition coefficient (Wildman–Crippen LogP) is 2.38. The van der Waals surface area contributed by atoms with Crippen molar-refractivity contribution in [2.24, 2.45) is 7.05 Å². The quantitative estimate of drug-likeness (QED) is 0.807. The van der Waals surface area contributed by atoms with E-state index in [4.69, 9.17) is 0 Å². The van der Waals surface area contributed by atoms with Gasteiger partial charge in [0.2, 0.25) is 0 Å². The van der Waals surface area contributed by atoms with Crippen LogP contribution in [0.4, 0.5) is 8.78 Å². The summed E-state index contributed by atoms with van der Waals surface area (Å²) >= 11 is 0. The van der Waals surface area contributed by atoms with E-state index < -0.39 is 11.6 Å². The molecular formula is C11H10F2N2O. The summed E-state index contributed by atoms with van der Waals surface area (Å²) in [6.07, 6.45) is 0. The number of nitrogens with zero attached hydrogens (tertiary/aromatic N) is 2. The second kappa shape index (κ2) is 3.59. The maximum atomic E-state index is 13.0. The second-order valence-electron chi connectivity index (χ2n) is 3.54. The van der Waals surface area contributed by atoms with Crippen LogP contribution >= 0.6 is 0 Å². The van der Waals surface area contributed by atoms with Crippen LogP contribution in [0.25, 0.3) is 11.3 Å². The fourth-order valence-corrected chi connectivity index (χ4v) is 1.43. The van der Waals surface area contributed by atoms with Crippen molar-refractivity contribution in [2.45, 2.75) is 6.92 Å². The molecule has 0 aliphatic heterocycles. The van der Waals surface area contributed by atoms with Crippen molar-refractivity contribution in [2.75, 3.05) is 0 Å². The first-order chi connectivity index (χ1) is 7.50. The molecule has 5 heteroatoms. The molecule has 3 nitrogen and oxygen atoms in total. The van der Waals surface area contributed by atoms with Gasteiger partial charge < -0.3 is 5.11 Å². The van der Waals surface area contributed by atoms with Crippen LogP contribution in [0, 0.1) is 18.6 Å². The lowest BCUT2D eigenvalue weighted by atomic mass is 10.1. The summed E-state index contributed by atoms with van der Waals surface area (Å²) < 4.78 is 27.2. The van der Waals surface area contributed by atoms with Crippen molar-refractivity contribution in [3.8, 4) is 17.0 Å². The fourth-order valence-electron chi connectivity index (χ4n) is 1.43. The first-order valence-electron chi connectivity index (χ1n) is 4.68. The average Bonchev–Trinajstić information content (AvgIpc) is 2.50. The van der Waals surface area contributed by atoms with Crippen LogP contribution in [0.2, 0.25) is 0 Å². The van der Waals surface area contributed by atoms with Crippen LogP contribution < -0.4 is 0 Å². The van der Waals surface area contributed by atoms with Crippen LogP contribution in [-0.4, -0.2) is 14.9 Å². The van der Waals surface area contributed by atoms with E-state index in [1.165, 1.54) is 10.7 Å². The molecule has 0 amide bonds. The minimum absolute atomic E-state index is 0.0199. The fraction of sp³-hybridized carbons (Fsp3) is 0.182. The maximum Gasteiger partial charge on any atom is 0.164 e. The van der Waals surface area contributed by atoms with Crippen LogP contribution in [0.5, 0.6) is 5.75 Å². The van der Waals surface area contributed by atoms with Gasteiger partial charge in [0.05, 0.1) is 5.69 Å². The van der Waals surface area contributed by atoms with Gasteiger partial charge in [0.1, 0.15) is 5.69 Å². The summed E-state index contributed by atoms with van der Waals surface area (Å²) in [6.45, 7) is 1.69. The van der Waals surface area contributed by atoms with Crippen molar-refractivity contribution in [1.29, 1.82) is 0 Å². The minimum Gasteiger partial charge on any atom is -0.504 e.